The van der Waals surface area contributed by atoms with Gasteiger partial charge in [0.2, 0.25) is 15.9 Å². The molecule has 1 amide bonds. The number of anilines is 1. The van der Waals surface area contributed by atoms with Crippen LogP contribution >= 0.6 is 0 Å². The zero-order valence-corrected chi connectivity index (χ0v) is 15.0. The number of benzene rings is 1. The lowest BCUT2D eigenvalue weighted by atomic mass is 10.3. The van der Waals surface area contributed by atoms with Crippen molar-refractivity contribution >= 4 is 21.6 Å². The summed E-state index contributed by atoms with van der Waals surface area (Å²) in [7, 11) is -1.43. The molecule has 0 unspecified atom stereocenters. The second kappa shape index (κ2) is 8.46. The zero-order valence-electron chi connectivity index (χ0n) is 14.2. The first-order valence-corrected chi connectivity index (χ1v) is 9.71. The number of carbonyl (C=O) groups is 1. The van der Waals surface area contributed by atoms with Crippen LogP contribution in [0.1, 0.15) is 13.3 Å². The van der Waals surface area contributed by atoms with Crippen LogP contribution in [0.3, 0.4) is 0 Å². The SMILES string of the molecule is CCOc1ccccc1NC(=O)CCS(=O)(=O)N1CCN(C)CC1. The number of ether oxygens (including phenoxy) is 1. The van der Waals surface area contributed by atoms with Gasteiger partial charge < -0.3 is 15.0 Å². The van der Waals surface area contributed by atoms with Crippen molar-refractivity contribution in [1.82, 2.24) is 9.21 Å². The Labute approximate surface area is 143 Å². The van der Waals surface area contributed by atoms with Gasteiger partial charge in [0.25, 0.3) is 0 Å². The molecule has 1 saturated heterocycles. The Kier molecular flexibility index (Phi) is 6.59. The largest absolute Gasteiger partial charge is 0.492 e. The maximum atomic E-state index is 12.3. The molecule has 7 nitrogen and oxygen atoms in total. The maximum Gasteiger partial charge on any atom is 0.225 e. The van der Waals surface area contributed by atoms with E-state index in [1.165, 1.54) is 4.31 Å². The normalized spacial score (nSPS) is 16.8. The van der Waals surface area contributed by atoms with E-state index in [1.54, 1.807) is 18.2 Å². The first-order valence-electron chi connectivity index (χ1n) is 8.10. The molecular weight excluding hydrogens is 330 g/mol. The second-order valence-corrected chi connectivity index (χ2v) is 7.83. The maximum absolute atomic E-state index is 12.3. The molecule has 0 spiro atoms. The first-order chi connectivity index (χ1) is 11.4. The Morgan fingerprint density at radius 3 is 2.54 bits per heavy atom. The Morgan fingerprint density at radius 1 is 1.21 bits per heavy atom. The van der Waals surface area contributed by atoms with E-state index in [4.69, 9.17) is 4.74 Å². The fraction of sp³-hybridized carbons (Fsp3) is 0.562. The smallest absolute Gasteiger partial charge is 0.225 e. The number of para-hydroxylation sites is 2. The molecule has 0 aromatic heterocycles. The van der Waals surface area contributed by atoms with Crippen molar-refractivity contribution in [3.05, 3.63) is 24.3 Å². The van der Waals surface area contributed by atoms with Gasteiger partial charge in [-0.1, -0.05) is 12.1 Å². The Bertz CT molecular complexity index is 655. The van der Waals surface area contributed by atoms with Crippen molar-refractivity contribution in [3.8, 4) is 5.75 Å². The van der Waals surface area contributed by atoms with Crippen molar-refractivity contribution < 1.29 is 17.9 Å². The molecule has 1 aromatic rings. The van der Waals surface area contributed by atoms with Gasteiger partial charge in [-0.15, -0.1) is 0 Å². The molecule has 1 N–H and O–H groups in total. The third-order valence-electron chi connectivity index (χ3n) is 3.90. The fourth-order valence-corrected chi connectivity index (χ4v) is 3.90. The fourth-order valence-electron chi connectivity index (χ4n) is 2.48. The van der Waals surface area contributed by atoms with Gasteiger partial charge in [0.05, 0.1) is 18.0 Å². The number of hydrogen-bond acceptors (Lipinski definition) is 5. The molecule has 1 aromatic carbocycles. The molecule has 0 atom stereocenters. The molecule has 1 heterocycles. The average molecular weight is 355 g/mol. The summed E-state index contributed by atoms with van der Waals surface area (Å²) >= 11 is 0. The minimum Gasteiger partial charge on any atom is -0.492 e. The molecule has 0 radical (unpaired) electrons. The van der Waals surface area contributed by atoms with Crippen molar-refractivity contribution in [2.24, 2.45) is 0 Å². The summed E-state index contributed by atoms with van der Waals surface area (Å²) in [6.45, 7) is 4.74. The molecule has 0 saturated carbocycles. The quantitative estimate of drug-likeness (QED) is 0.789. The molecule has 8 heteroatoms. The molecule has 2 rings (SSSR count). The average Bonchev–Trinajstić information content (AvgIpc) is 2.56. The summed E-state index contributed by atoms with van der Waals surface area (Å²) in [4.78, 5) is 14.2. The molecule has 0 bridgehead atoms. The molecular formula is C16H25N3O4S. The van der Waals surface area contributed by atoms with Crippen molar-refractivity contribution in [2.45, 2.75) is 13.3 Å². The van der Waals surface area contributed by atoms with E-state index in [0.29, 0.717) is 44.2 Å². The Hall–Kier alpha value is -1.64. The van der Waals surface area contributed by atoms with Gasteiger partial charge in [0, 0.05) is 32.6 Å². The lowest BCUT2D eigenvalue weighted by Crippen LogP contribution is -2.48. The van der Waals surface area contributed by atoms with Crippen LogP contribution in [0.25, 0.3) is 0 Å². The summed E-state index contributed by atoms with van der Waals surface area (Å²) < 4.78 is 31.6. The molecule has 134 valence electrons. The highest BCUT2D eigenvalue weighted by atomic mass is 32.2. The summed E-state index contributed by atoms with van der Waals surface area (Å²) in [6, 6.07) is 7.11. The van der Waals surface area contributed by atoms with Gasteiger partial charge in [-0.05, 0) is 26.1 Å². The van der Waals surface area contributed by atoms with Gasteiger partial charge in [0.15, 0.2) is 0 Å². The van der Waals surface area contributed by atoms with Crippen LogP contribution in [0.2, 0.25) is 0 Å². The van der Waals surface area contributed by atoms with Gasteiger partial charge in [-0.25, -0.2) is 8.42 Å². The lowest BCUT2D eigenvalue weighted by molar-refractivity contribution is -0.115. The summed E-state index contributed by atoms with van der Waals surface area (Å²) in [6.07, 6.45) is -0.0743. The molecule has 1 aliphatic heterocycles. The predicted molar refractivity (Wildman–Crippen MR) is 93.7 cm³/mol. The minimum atomic E-state index is -3.40. The predicted octanol–water partition coefficient (Wildman–Crippen LogP) is 0.991. The highest BCUT2D eigenvalue weighted by Crippen LogP contribution is 2.23. The summed E-state index contributed by atoms with van der Waals surface area (Å²) in [5.41, 5.74) is 0.557. The highest BCUT2D eigenvalue weighted by Gasteiger charge is 2.26. The number of sulfonamides is 1. The van der Waals surface area contributed by atoms with Crippen molar-refractivity contribution in [3.63, 3.8) is 0 Å². The van der Waals surface area contributed by atoms with Crippen LogP contribution in [0.5, 0.6) is 5.75 Å². The summed E-state index contributed by atoms with van der Waals surface area (Å²) in [5.74, 6) is 0.0643. The first kappa shape index (κ1) is 18.7. The number of rotatable bonds is 7. The van der Waals surface area contributed by atoms with E-state index in [9.17, 15) is 13.2 Å². The van der Waals surface area contributed by atoms with Crippen LogP contribution in [-0.4, -0.2) is 69.1 Å². The Balaban J connectivity index is 1.89. The Morgan fingerprint density at radius 2 is 1.88 bits per heavy atom. The van der Waals surface area contributed by atoms with Crippen LogP contribution in [-0.2, 0) is 14.8 Å². The van der Waals surface area contributed by atoms with Crippen LogP contribution in [0.4, 0.5) is 5.69 Å². The number of piperazine rings is 1. The zero-order chi connectivity index (χ0) is 17.6. The summed E-state index contributed by atoms with van der Waals surface area (Å²) in [5, 5.41) is 2.72. The lowest BCUT2D eigenvalue weighted by Gasteiger charge is -2.31. The second-order valence-electron chi connectivity index (χ2n) is 5.75. The van der Waals surface area contributed by atoms with Crippen molar-refractivity contribution in [1.29, 1.82) is 0 Å². The number of likely N-dealkylation sites (N-methyl/N-ethyl adjacent to an activating group) is 1. The third-order valence-corrected chi connectivity index (χ3v) is 5.78. The van der Waals surface area contributed by atoms with E-state index in [1.807, 2.05) is 20.0 Å². The van der Waals surface area contributed by atoms with Gasteiger partial charge >= 0.3 is 0 Å². The van der Waals surface area contributed by atoms with Crippen molar-refractivity contribution in [2.75, 3.05) is 50.9 Å². The molecule has 24 heavy (non-hydrogen) atoms. The van der Waals surface area contributed by atoms with Gasteiger partial charge in [-0.3, -0.25) is 4.79 Å². The number of amides is 1. The minimum absolute atomic E-state index is 0.0743. The van der Waals surface area contributed by atoms with Gasteiger partial charge in [0.1, 0.15) is 5.75 Å². The number of nitrogens with one attached hydrogen (secondary N) is 1. The number of carbonyl (C=O) groups excluding carboxylic acids is 1. The highest BCUT2D eigenvalue weighted by molar-refractivity contribution is 7.89. The van der Waals surface area contributed by atoms with E-state index in [2.05, 4.69) is 10.2 Å². The number of hydrogen-bond donors (Lipinski definition) is 1. The van der Waals surface area contributed by atoms with E-state index in [-0.39, 0.29) is 18.1 Å². The van der Waals surface area contributed by atoms with E-state index < -0.39 is 10.0 Å². The third kappa shape index (κ3) is 5.19. The number of nitrogens with zero attached hydrogens (tertiary/aromatic N) is 2. The van der Waals surface area contributed by atoms with E-state index in [0.717, 1.165) is 0 Å². The van der Waals surface area contributed by atoms with E-state index >= 15 is 0 Å². The standard InChI is InChI=1S/C16H25N3O4S/c1-3-23-15-7-5-4-6-14(15)17-16(20)8-13-24(21,22)19-11-9-18(2)10-12-19/h4-7H,3,8-13H2,1-2H3,(H,17,20). The van der Waals surface area contributed by atoms with Crippen LogP contribution in [0.15, 0.2) is 24.3 Å². The monoisotopic (exact) mass is 355 g/mol. The topological polar surface area (TPSA) is 78.9 Å². The van der Waals surface area contributed by atoms with Gasteiger partial charge in [-0.2, -0.15) is 4.31 Å². The molecule has 0 aliphatic carbocycles. The van der Waals surface area contributed by atoms with Crippen LogP contribution < -0.4 is 10.1 Å². The molecule has 1 aliphatic rings. The van der Waals surface area contributed by atoms with Crippen LogP contribution in [0, 0.1) is 0 Å². The molecule has 1 fully saturated rings.